The summed E-state index contributed by atoms with van der Waals surface area (Å²) in [5, 5.41) is 0. The van der Waals surface area contributed by atoms with Crippen LogP contribution in [0.2, 0.25) is 0 Å². The molecule has 0 aromatic heterocycles. The molecule has 0 N–H and O–H groups in total. The van der Waals surface area contributed by atoms with Crippen molar-refractivity contribution in [2.24, 2.45) is 0 Å². The van der Waals surface area contributed by atoms with Crippen molar-refractivity contribution in [2.45, 2.75) is 38.9 Å². The van der Waals surface area contributed by atoms with Crippen LogP contribution in [-0.4, -0.2) is 30.3 Å². The third kappa shape index (κ3) is 4.52. The Hall–Kier alpha value is -1.43. The predicted molar refractivity (Wildman–Crippen MR) is 72.6 cm³/mol. The number of alkyl halides is 3. The maximum atomic E-state index is 14.0. The summed E-state index contributed by atoms with van der Waals surface area (Å²) in [4.78, 5) is 13.6. The van der Waals surface area contributed by atoms with Crippen molar-refractivity contribution in [3.63, 3.8) is 0 Å². The van der Waals surface area contributed by atoms with Gasteiger partial charge in [-0.25, -0.2) is 4.39 Å². The van der Waals surface area contributed by atoms with Crippen LogP contribution in [0.4, 0.5) is 17.6 Å². The fraction of sp³-hybridized carbons (Fsp3) is 0.533. The maximum absolute atomic E-state index is 14.0. The molecule has 0 radical (unpaired) electrons. The second-order valence-electron chi connectivity index (χ2n) is 5.43. The molecule has 0 aliphatic rings. The second-order valence-corrected chi connectivity index (χ2v) is 5.43. The highest BCUT2D eigenvalue weighted by atomic mass is 19.4. The number of benzene rings is 1. The van der Waals surface area contributed by atoms with Crippen LogP contribution in [0.3, 0.4) is 0 Å². The van der Waals surface area contributed by atoms with E-state index in [4.69, 9.17) is 0 Å². The molecule has 6 heteroatoms. The maximum Gasteiger partial charge on any atom is 0.416 e. The number of hydrogen-bond donors (Lipinski definition) is 0. The number of carbonyl (C=O) groups excluding carboxylic acids is 1. The third-order valence-corrected chi connectivity index (χ3v) is 3.55. The molecule has 1 atom stereocenters. The number of nitrogens with zero attached hydrogens (tertiary/aromatic N) is 1. The first-order valence-electron chi connectivity index (χ1n) is 6.61. The lowest BCUT2D eigenvalue weighted by molar-refractivity contribution is -0.137. The number of hydrogen-bond acceptors (Lipinski definition) is 2. The van der Waals surface area contributed by atoms with Crippen molar-refractivity contribution in [1.82, 2.24) is 4.90 Å². The Labute approximate surface area is 121 Å². The van der Waals surface area contributed by atoms with Gasteiger partial charge in [0.2, 0.25) is 0 Å². The summed E-state index contributed by atoms with van der Waals surface area (Å²) in [7, 11) is 1.78. The number of carbonyl (C=O) groups is 1. The average Bonchev–Trinajstić information content (AvgIpc) is 2.34. The molecule has 1 aromatic rings. The molecule has 0 fully saturated rings. The second kappa shape index (κ2) is 6.56. The summed E-state index contributed by atoms with van der Waals surface area (Å²) < 4.78 is 51.6. The molecule has 2 nitrogen and oxygen atoms in total. The van der Waals surface area contributed by atoms with Crippen molar-refractivity contribution in [1.29, 1.82) is 0 Å². The average molecular weight is 305 g/mol. The Kier molecular flexibility index (Phi) is 5.50. The number of Topliss-reactive ketones (excluding diaryl/α,β-unsaturated/α-hetero) is 1. The fourth-order valence-electron chi connectivity index (χ4n) is 1.93. The molecule has 0 amide bonds. The monoisotopic (exact) mass is 305 g/mol. The first kappa shape index (κ1) is 17.6. The molecule has 0 saturated heterocycles. The molecular weight excluding hydrogens is 286 g/mol. The van der Waals surface area contributed by atoms with Gasteiger partial charge in [0.25, 0.3) is 0 Å². The molecular formula is C15H19F4NO. The van der Waals surface area contributed by atoms with Crippen LogP contribution in [0.1, 0.15) is 37.8 Å². The standard InChI is InChI=1S/C15H19F4NO/c1-9(2)20(4)8-13(10(3)21)12-6-5-11(7-14(12)16)15(17,18)19/h5-7,9,13H,8H2,1-4H3/t13-/m0/s1. The molecule has 0 saturated carbocycles. The predicted octanol–water partition coefficient (Wildman–Crippen LogP) is 3.86. The molecule has 1 aromatic carbocycles. The van der Waals surface area contributed by atoms with Crippen LogP contribution in [0.5, 0.6) is 0 Å². The number of rotatable bonds is 5. The van der Waals surface area contributed by atoms with Crippen LogP contribution < -0.4 is 0 Å². The van der Waals surface area contributed by atoms with E-state index in [1.807, 2.05) is 18.7 Å². The van der Waals surface area contributed by atoms with Crippen molar-refractivity contribution < 1.29 is 22.4 Å². The van der Waals surface area contributed by atoms with E-state index in [0.717, 1.165) is 12.1 Å². The third-order valence-electron chi connectivity index (χ3n) is 3.55. The highest BCUT2D eigenvalue weighted by Crippen LogP contribution is 2.32. The van der Waals surface area contributed by atoms with Crippen molar-refractivity contribution in [2.75, 3.05) is 13.6 Å². The van der Waals surface area contributed by atoms with E-state index >= 15 is 0 Å². The molecule has 21 heavy (non-hydrogen) atoms. The lowest BCUT2D eigenvalue weighted by atomic mass is 9.93. The van der Waals surface area contributed by atoms with Gasteiger partial charge in [-0.3, -0.25) is 4.79 Å². The highest BCUT2D eigenvalue weighted by molar-refractivity contribution is 5.83. The van der Waals surface area contributed by atoms with E-state index < -0.39 is 23.5 Å². The van der Waals surface area contributed by atoms with Gasteiger partial charge in [-0.05, 0) is 45.5 Å². The molecule has 0 bridgehead atoms. The van der Waals surface area contributed by atoms with Gasteiger partial charge in [-0.15, -0.1) is 0 Å². The normalized spacial score (nSPS) is 13.8. The SMILES string of the molecule is CC(=O)[C@H](CN(C)C(C)C)c1ccc(C(F)(F)F)cc1F. The Balaban J connectivity index is 3.13. The molecule has 0 heterocycles. The summed E-state index contributed by atoms with van der Waals surface area (Å²) in [6, 6.07) is 2.45. The number of ketones is 1. The van der Waals surface area contributed by atoms with Gasteiger partial charge < -0.3 is 4.90 Å². The van der Waals surface area contributed by atoms with Gasteiger partial charge in [0.15, 0.2) is 0 Å². The quantitative estimate of drug-likeness (QED) is 0.770. The first-order valence-corrected chi connectivity index (χ1v) is 6.61. The van der Waals surface area contributed by atoms with Crippen molar-refractivity contribution in [3.05, 3.63) is 35.1 Å². The minimum absolute atomic E-state index is 0.00278. The van der Waals surface area contributed by atoms with Crippen molar-refractivity contribution >= 4 is 5.78 Å². The number of halogens is 4. The lowest BCUT2D eigenvalue weighted by Gasteiger charge is -2.26. The van der Waals surface area contributed by atoms with Crippen LogP contribution in [0, 0.1) is 5.82 Å². The molecule has 118 valence electrons. The summed E-state index contributed by atoms with van der Waals surface area (Å²) in [5.74, 6) is -2.05. The van der Waals surface area contributed by atoms with Gasteiger partial charge in [-0.2, -0.15) is 13.2 Å². The minimum atomic E-state index is -4.60. The van der Waals surface area contributed by atoms with E-state index in [2.05, 4.69) is 0 Å². The Morgan fingerprint density at radius 1 is 1.29 bits per heavy atom. The fourth-order valence-corrected chi connectivity index (χ4v) is 1.93. The zero-order valence-electron chi connectivity index (χ0n) is 12.5. The number of likely N-dealkylation sites (N-methyl/N-ethyl adjacent to an activating group) is 1. The molecule has 0 unspecified atom stereocenters. The van der Waals surface area contributed by atoms with E-state index in [9.17, 15) is 22.4 Å². The smallest absolute Gasteiger partial charge is 0.303 e. The zero-order chi connectivity index (χ0) is 16.4. The van der Waals surface area contributed by atoms with E-state index in [0.29, 0.717) is 6.07 Å². The Bertz CT molecular complexity index is 511. The summed E-state index contributed by atoms with van der Waals surface area (Å²) >= 11 is 0. The van der Waals surface area contributed by atoms with Gasteiger partial charge in [0.05, 0.1) is 11.5 Å². The molecule has 0 aliphatic heterocycles. The van der Waals surface area contributed by atoms with Gasteiger partial charge in [-0.1, -0.05) is 6.07 Å². The summed E-state index contributed by atoms with van der Waals surface area (Å²) in [6.45, 7) is 5.41. The topological polar surface area (TPSA) is 20.3 Å². The van der Waals surface area contributed by atoms with Gasteiger partial charge in [0, 0.05) is 12.6 Å². The van der Waals surface area contributed by atoms with Crippen LogP contribution in [0.25, 0.3) is 0 Å². The Morgan fingerprint density at radius 3 is 2.24 bits per heavy atom. The largest absolute Gasteiger partial charge is 0.416 e. The van der Waals surface area contributed by atoms with E-state index in [1.165, 1.54) is 6.92 Å². The van der Waals surface area contributed by atoms with Gasteiger partial charge in [0.1, 0.15) is 11.6 Å². The van der Waals surface area contributed by atoms with E-state index in [1.54, 1.807) is 7.05 Å². The van der Waals surface area contributed by atoms with E-state index in [-0.39, 0.29) is 23.9 Å². The highest BCUT2D eigenvalue weighted by Gasteiger charge is 2.32. The zero-order valence-corrected chi connectivity index (χ0v) is 12.5. The first-order chi connectivity index (χ1) is 9.54. The summed E-state index contributed by atoms with van der Waals surface area (Å²) in [5.41, 5.74) is -1.05. The summed E-state index contributed by atoms with van der Waals surface area (Å²) in [6.07, 6.45) is -4.60. The lowest BCUT2D eigenvalue weighted by Crippen LogP contribution is -2.33. The Morgan fingerprint density at radius 2 is 1.86 bits per heavy atom. The molecule has 0 spiro atoms. The van der Waals surface area contributed by atoms with Crippen molar-refractivity contribution in [3.8, 4) is 0 Å². The molecule has 0 aliphatic carbocycles. The van der Waals surface area contributed by atoms with Crippen LogP contribution in [0.15, 0.2) is 18.2 Å². The minimum Gasteiger partial charge on any atom is -0.303 e. The molecule has 1 rings (SSSR count). The van der Waals surface area contributed by atoms with Gasteiger partial charge >= 0.3 is 6.18 Å². The van der Waals surface area contributed by atoms with Crippen LogP contribution in [-0.2, 0) is 11.0 Å². The van der Waals surface area contributed by atoms with Crippen LogP contribution >= 0.6 is 0 Å².